The van der Waals surface area contributed by atoms with E-state index in [1.165, 1.54) is 0 Å². The molecule has 0 aromatic carbocycles. The number of carbonyl (C=O) groups excluding carboxylic acids is 1. The molecule has 1 aliphatic heterocycles. The van der Waals surface area contributed by atoms with Gasteiger partial charge in [0.1, 0.15) is 0 Å². The number of amides is 1. The van der Waals surface area contributed by atoms with Crippen LogP contribution in [0.3, 0.4) is 0 Å². The van der Waals surface area contributed by atoms with Crippen molar-refractivity contribution < 1.29 is 9.53 Å². The van der Waals surface area contributed by atoms with Gasteiger partial charge in [0.2, 0.25) is 0 Å². The second-order valence-electron chi connectivity index (χ2n) is 7.38. The number of nitrogens with zero attached hydrogens (tertiary/aromatic N) is 4. The molecule has 0 aliphatic carbocycles. The molecule has 3 rings (SSSR count). The Morgan fingerprint density at radius 2 is 2.00 bits per heavy atom. The number of morpholine rings is 1. The van der Waals surface area contributed by atoms with Crippen LogP contribution in [0, 0.1) is 0 Å². The van der Waals surface area contributed by atoms with Crippen molar-refractivity contribution in [1.29, 1.82) is 0 Å². The van der Waals surface area contributed by atoms with Gasteiger partial charge in [0.05, 0.1) is 30.4 Å². The number of nitrogens with one attached hydrogen (secondary N) is 1. The maximum Gasteiger partial charge on any atom is 0.252 e. The third-order valence-corrected chi connectivity index (χ3v) is 4.73. The van der Waals surface area contributed by atoms with E-state index in [2.05, 4.69) is 43.0 Å². The number of carbonyl (C=O) groups is 1. The molecule has 2 aromatic heterocycles. The summed E-state index contributed by atoms with van der Waals surface area (Å²) < 4.78 is 7.24. The van der Waals surface area contributed by atoms with Crippen molar-refractivity contribution >= 4 is 16.9 Å². The van der Waals surface area contributed by atoms with Gasteiger partial charge in [-0.25, -0.2) is 9.67 Å². The zero-order valence-electron chi connectivity index (χ0n) is 16.2. The summed E-state index contributed by atoms with van der Waals surface area (Å²) in [4.78, 5) is 19.9. The minimum absolute atomic E-state index is 0.0594. The quantitative estimate of drug-likeness (QED) is 0.856. The van der Waals surface area contributed by atoms with Gasteiger partial charge in [-0.15, -0.1) is 0 Å². The fraction of sp³-hybridized carbons (Fsp3) is 0.632. The van der Waals surface area contributed by atoms with Crippen LogP contribution >= 0.6 is 0 Å². The van der Waals surface area contributed by atoms with Crippen molar-refractivity contribution in [3.8, 4) is 0 Å². The Bertz CT molecular complexity index is 763. The lowest BCUT2D eigenvalue weighted by Crippen LogP contribution is -2.41. The average Bonchev–Trinajstić information content (AvgIpc) is 3.05. The summed E-state index contributed by atoms with van der Waals surface area (Å²) in [6.45, 7) is 13.2. The largest absolute Gasteiger partial charge is 0.379 e. The van der Waals surface area contributed by atoms with Crippen LogP contribution in [0.15, 0.2) is 12.3 Å². The second kappa shape index (κ2) is 8.14. The summed E-state index contributed by atoms with van der Waals surface area (Å²) in [6, 6.07) is 2.10. The van der Waals surface area contributed by atoms with Crippen molar-refractivity contribution in [3.05, 3.63) is 23.5 Å². The Balaban J connectivity index is 1.79. The van der Waals surface area contributed by atoms with Gasteiger partial charge in [0.15, 0.2) is 5.65 Å². The molecule has 0 bridgehead atoms. The number of hydrogen-bond acceptors (Lipinski definition) is 5. The van der Waals surface area contributed by atoms with Gasteiger partial charge < -0.3 is 10.1 Å². The van der Waals surface area contributed by atoms with Crippen LogP contribution in [-0.2, 0) is 4.74 Å². The summed E-state index contributed by atoms with van der Waals surface area (Å²) in [5.41, 5.74) is 2.36. The lowest BCUT2D eigenvalue weighted by molar-refractivity contribution is 0.0383. The van der Waals surface area contributed by atoms with Crippen molar-refractivity contribution in [2.75, 3.05) is 39.4 Å². The fourth-order valence-electron chi connectivity index (χ4n) is 3.15. The van der Waals surface area contributed by atoms with Crippen molar-refractivity contribution in [3.63, 3.8) is 0 Å². The minimum Gasteiger partial charge on any atom is -0.379 e. The van der Waals surface area contributed by atoms with E-state index in [-0.39, 0.29) is 17.9 Å². The van der Waals surface area contributed by atoms with E-state index < -0.39 is 0 Å². The Morgan fingerprint density at radius 3 is 2.65 bits per heavy atom. The molecule has 0 radical (unpaired) electrons. The first kappa shape index (κ1) is 18.8. The van der Waals surface area contributed by atoms with E-state index >= 15 is 0 Å². The lowest BCUT2D eigenvalue weighted by Gasteiger charge is -2.26. The first-order valence-electron chi connectivity index (χ1n) is 9.44. The van der Waals surface area contributed by atoms with E-state index in [0.717, 1.165) is 49.6 Å². The second-order valence-corrected chi connectivity index (χ2v) is 7.38. The highest BCUT2D eigenvalue weighted by Crippen LogP contribution is 2.24. The van der Waals surface area contributed by atoms with E-state index in [9.17, 15) is 4.79 Å². The zero-order chi connectivity index (χ0) is 18.7. The Labute approximate surface area is 154 Å². The van der Waals surface area contributed by atoms with Crippen LogP contribution in [0.1, 0.15) is 55.7 Å². The fourth-order valence-corrected chi connectivity index (χ4v) is 3.15. The van der Waals surface area contributed by atoms with Gasteiger partial charge in [0.25, 0.3) is 5.91 Å². The van der Waals surface area contributed by atoms with E-state index in [0.29, 0.717) is 12.1 Å². The van der Waals surface area contributed by atoms with Crippen LogP contribution in [0.4, 0.5) is 0 Å². The molecule has 7 nitrogen and oxygen atoms in total. The van der Waals surface area contributed by atoms with Gasteiger partial charge in [-0.05, 0) is 25.8 Å². The van der Waals surface area contributed by atoms with Gasteiger partial charge in [-0.2, -0.15) is 5.10 Å². The van der Waals surface area contributed by atoms with Crippen LogP contribution in [-0.4, -0.2) is 65.0 Å². The van der Waals surface area contributed by atoms with Crippen LogP contribution in [0.2, 0.25) is 0 Å². The maximum absolute atomic E-state index is 12.8. The predicted octanol–water partition coefficient (Wildman–Crippen LogP) is 2.20. The molecule has 7 heteroatoms. The molecule has 0 unspecified atom stereocenters. The normalized spacial score (nSPS) is 15.9. The van der Waals surface area contributed by atoms with Gasteiger partial charge in [-0.1, -0.05) is 13.8 Å². The summed E-state index contributed by atoms with van der Waals surface area (Å²) >= 11 is 0. The number of fused-ring (bicyclic) bond motifs is 1. The van der Waals surface area contributed by atoms with E-state index in [1.54, 1.807) is 6.20 Å². The smallest absolute Gasteiger partial charge is 0.252 e. The Morgan fingerprint density at radius 1 is 1.27 bits per heavy atom. The zero-order valence-corrected chi connectivity index (χ0v) is 16.2. The number of rotatable bonds is 6. The number of pyridine rings is 1. The minimum atomic E-state index is -0.0594. The Hall–Kier alpha value is -1.99. The molecule has 1 fully saturated rings. The molecule has 1 aliphatic rings. The third-order valence-electron chi connectivity index (χ3n) is 4.73. The molecule has 0 spiro atoms. The molecule has 1 amide bonds. The summed E-state index contributed by atoms with van der Waals surface area (Å²) in [6.07, 6.45) is 1.75. The highest BCUT2D eigenvalue weighted by atomic mass is 16.5. The number of aromatic nitrogens is 3. The van der Waals surface area contributed by atoms with Crippen molar-refractivity contribution in [2.24, 2.45) is 0 Å². The number of ether oxygens (including phenoxy) is 1. The molecule has 142 valence electrons. The summed E-state index contributed by atoms with van der Waals surface area (Å²) in [7, 11) is 0. The van der Waals surface area contributed by atoms with Crippen molar-refractivity contribution in [2.45, 2.75) is 39.7 Å². The SMILES string of the molecule is CC(C)c1cc(C(=O)NCCN2CCOCC2)c2cnn(C(C)C)c2n1. The van der Waals surface area contributed by atoms with E-state index in [1.807, 2.05) is 10.7 Å². The monoisotopic (exact) mass is 359 g/mol. The first-order chi connectivity index (χ1) is 12.5. The molecule has 0 saturated carbocycles. The molecule has 2 aromatic rings. The van der Waals surface area contributed by atoms with Crippen LogP contribution in [0.25, 0.3) is 11.0 Å². The van der Waals surface area contributed by atoms with Gasteiger partial charge >= 0.3 is 0 Å². The van der Waals surface area contributed by atoms with E-state index in [4.69, 9.17) is 9.72 Å². The molecule has 1 saturated heterocycles. The average molecular weight is 359 g/mol. The highest BCUT2D eigenvalue weighted by molar-refractivity contribution is 6.05. The topological polar surface area (TPSA) is 72.3 Å². The highest BCUT2D eigenvalue weighted by Gasteiger charge is 2.19. The molecular weight excluding hydrogens is 330 g/mol. The maximum atomic E-state index is 12.8. The summed E-state index contributed by atoms with van der Waals surface area (Å²) in [5.74, 6) is 0.186. The molecule has 0 atom stereocenters. The first-order valence-corrected chi connectivity index (χ1v) is 9.44. The van der Waals surface area contributed by atoms with Gasteiger partial charge in [0, 0.05) is 37.9 Å². The van der Waals surface area contributed by atoms with Crippen LogP contribution < -0.4 is 5.32 Å². The number of hydrogen-bond donors (Lipinski definition) is 1. The molecule has 3 heterocycles. The predicted molar refractivity (Wildman–Crippen MR) is 102 cm³/mol. The molecular formula is C19H29N5O2. The van der Waals surface area contributed by atoms with Crippen molar-refractivity contribution in [1.82, 2.24) is 25.0 Å². The lowest BCUT2D eigenvalue weighted by atomic mass is 10.0. The van der Waals surface area contributed by atoms with Crippen LogP contribution in [0.5, 0.6) is 0 Å². The Kier molecular flexibility index (Phi) is 5.88. The summed E-state index contributed by atoms with van der Waals surface area (Å²) in [5, 5.41) is 8.31. The third kappa shape index (κ3) is 4.04. The standard InChI is InChI=1S/C19H29N5O2/c1-13(2)17-11-15(16-12-21-24(14(3)4)18(16)22-17)19(25)20-5-6-23-7-9-26-10-8-23/h11-14H,5-10H2,1-4H3,(H,20,25). The van der Waals surface area contributed by atoms with Gasteiger partial charge in [-0.3, -0.25) is 9.69 Å². The molecule has 26 heavy (non-hydrogen) atoms. The molecule has 1 N–H and O–H groups in total.